The van der Waals surface area contributed by atoms with Crippen molar-refractivity contribution in [2.45, 2.75) is 18.9 Å². The van der Waals surface area contributed by atoms with Gasteiger partial charge in [-0.05, 0) is 12.5 Å². The summed E-state index contributed by atoms with van der Waals surface area (Å²) < 4.78 is 4.39. The molecule has 0 bridgehead atoms. The lowest BCUT2D eigenvalue weighted by atomic mass is 10.1. The number of nitrogens with one attached hydrogen (secondary N) is 2. The molecule has 1 amide bonds. The quantitative estimate of drug-likeness (QED) is 0.563. The number of amides is 1. The van der Waals surface area contributed by atoms with Gasteiger partial charge in [0.05, 0.1) is 7.11 Å². The first-order valence-corrected chi connectivity index (χ1v) is 5.60. The largest absolute Gasteiger partial charge is 0.480 e. The van der Waals surface area contributed by atoms with Crippen molar-refractivity contribution >= 4 is 17.8 Å². The molecule has 0 unspecified atom stereocenters. The minimum absolute atomic E-state index is 0.114. The first kappa shape index (κ1) is 15.3. The minimum Gasteiger partial charge on any atom is -0.480 e. The van der Waals surface area contributed by atoms with Crippen LogP contribution in [0.15, 0.2) is 16.9 Å². The number of aliphatic carboxylic acids is 1. The molecule has 1 aromatic heterocycles. The van der Waals surface area contributed by atoms with Crippen LogP contribution < -0.4 is 10.9 Å². The number of hydrogen-bond acceptors (Lipinski definition) is 6. The van der Waals surface area contributed by atoms with E-state index in [9.17, 15) is 19.2 Å². The summed E-state index contributed by atoms with van der Waals surface area (Å²) in [6, 6.07) is 0.995. The highest BCUT2D eigenvalue weighted by atomic mass is 16.5. The topological polar surface area (TPSA) is 138 Å². The average Bonchev–Trinajstić information content (AvgIpc) is 2.43. The van der Waals surface area contributed by atoms with Crippen LogP contribution in [-0.4, -0.2) is 46.3 Å². The van der Waals surface area contributed by atoms with Crippen molar-refractivity contribution in [1.82, 2.24) is 15.5 Å². The normalized spacial score (nSPS) is 11.4. The fourth-order valence-electron chi connectivity index (χ4n) is 1.32. The molecule has 0 saturated heterocycles. The van der Waals surface area contributed by atoms with E-state index in [-0.39, 0.29) is 18.5 Å². The summed E-state index contributed by atoms with van der Waals surface area (Å²) in [7, 11) is 1.18. The second kappa shape index (κ2) is 7.02. The predicted molar refractivity (Wildman–Crippen MR) is 65.0 cm³/mol. The van der Waals surface area contributed by atoms with Gasteiger partial charge >= 0.3 is 11.9 Å². The zero-order chi connectivity index (χ0) is 15.1. The lowest BCUT2D eigenvalue weighted by Crippen LogP contribution is -2.41. The first-order chi connectivity index (χ1) is 9.43. The van der Waals surface area contributed by atoms with Crippen molar-refractivity contribution in [3.05, 3.63) is 28.2 Å². The number of esters is 1. The highest BCUT2D eigenvalue weighted by Gasteiger charge is 2.22. The summed E-state index contributed by atoms with van der Waals surface area (Å²) in [4.78, 5) is 44.4. The standard InChI is InChI=1S/C11H13N3O6/c1-20-9(16)5-3-7(11(18)19)12-10(17)6-2-4-8(15)14-13-6/h2,4,7H,3,5H2,1H3,(H,12,17)(H,14,15)(H,18,19)/t7-/m0/s1. The number of carboxylic acid groups (broad SMARTS) is 1. The average molecular weight is 283 g/mol. The third-order valence-corrected chi connectivity index (χ3v) is 2.38. The number of aromatic nitrogens is 2. The molecule has 1 aromatic rings. The second-order valence-electron chi connectivity index (χ2n) is 3.79. The number of ether oxygens (including phenoxy) is 1. The maximum Gasteiger partial charge on any atom is 0.326 e. The van der Waals surface area contributed by atoms with Gasteiger partial charge in [-0.2, -0.15) is 5.10 Å². The smallest absolute Gasteiger partial charge is 0.326 e. The van der Waals surface area contributed by atoms with Gasteiger partial charge in [-0.3, -0.25) is 14.4 Å². The van der Waals surface area contributed by atoms with Crippen LogP contribution in [0.1, 0.15) is 23.3 Å². The van der Waals surface area contributed by atoms with E-state index in [4.69, 9.17) is 5.11 Å². The monoisotopic (exact) mass is 283 g/mol. The van der Waals surface area contributed by atoms with Crippen LogP contribution in [-0.2, 0) is 14.3 Å². The zero-order valence-corrected chi connectivity index (χ0v) is 10.6. The van der Waals surface area contributed by atoms with Crippen LogP contribution in [0.5, 0.6) is 0 Å². The molecule has 0 fully saturated rings. The van der Waals surface area contributed by atoms with Crippen LogP contribution >= 0.6 is 0 Å². The van der Waals surface area contributed by atoms with Gasteiger partial charge in [0, 0.05) is 12.5 Å². The number of aromatic amines is 1. The van der Waals surface area contributed by atoms with Crippen molar-refractivity contribution in [2.24, 2.45) is 0 Å². The Morgan fingerprint density at radius 3 is 2.65 bits per heavy atom. The fourth-order valence-corrected chi connectivity index (χ4v) is 1.32. The van der Waals surface area contributed by atoms with Crippen LogP contribution in [0.4, 0.5) is 0 Å². The number of carbonyl (C=O) groups is 3. The Bertz CT molecular complexity index is 547. The van der Waals surface area contributed by atoms with Gasteiger partial charge in [-0.15, -0.1) is 0 Å². The minimum atomic E-state index is -1.29. The third-order valence-electron chi connectivity index (χ3n) is 2.38. The number of methoxy groups -OCH3 is 1. The maximum atomic E-state index is 11.7. The molecule has 0 aromatic carbocycles. The SMILES string of the molecule is COC(=O)CC[C@H](NC(=O)c1ccc(=O)[nH]n1)C(=O)O. The van der Waals surface area contributed by atoms with E-state index in [2.05, 4.69) is 20.3 Å². The molecule has 0 saturated carbocycles. The Morgan fingerprint density at radius 2 is 2.15 bits per heavy atom. The summed E-state index contributed by atoms with van der Waals surface area (Å²) in [5.41, 5.74) is -0.615. The number of H-pyrrole nitrogens is 1. The van der Waals surface area contributed by atoms with Gasteiger partial charge in [0.2, 0.25) is 0 Å². The lowest BCUT2D eigenvalue weighted by molar-refractivity contribution is -0.142. The molecule has 0 aliphatic rings. The van der Waals surface area contributed by atoms with Crippen LogP contribution in [0.2, 0.25) is 0 Å². The zero-order valence-electron chi connectivity index (χ0n) is 10.6. The molecular formula is C11H13N3O6. The number of rotatable bonds is 6. The van der Waals surface area contributed by atoms with Gasteiger partial charge in [0.1, 0.15) is 11.7 Å². The van der Waals surface area contributed by atoms with E-state index < -0.39 is 29.4 Å². The Labute approximate surface area is 112 Å². The summed E-state index contributed by atoms with van der Waals surface area (Å²) in [5, 5.41) is 16.7. The molecular weight excluding hydrogens is 270 g/mol. The molecule has 108 valence electrons. The Balaban J connectivity index is 2.67. The molecule has 1 rings (SSSR count). The van der Waals surface area contributed by atoms with Crippen molar-refractivity contribution in [2.75, 3.05) is 7.11 Å². The van der Waals surface area contributed by atoms with Gasteiger partial charge in [0.15, 0.2) is 0 Å². The lowest BCUT2D eigenvalue weighted by Gasteiger charge is -2.13. The number of nitrogens with zero attached hydrogens (tertiary/aromatic N) is 1. The van der Waals surface area contributed by atoms with E-state index in [0.717, 1.165) is 12.1 Å². The van der Waals surface area contributed by atoms with E-state index in [1.807, 2.05) is 0 Å². The Hall–Kier alpha value is -2.71. The summed E-state index contributed by atoms with van der Waals surface area (Å²) in [6.45, 7) is 0. The van der Waals surface area contributed by atoms with Crippen LogP contribution in [0.25, 0.3) is 0 Å². The molecule has 1 atom stereocenters. The van der Waals surface area contributed by atoms with Gasteiger partial charge in [-0.1, -0.05) is 0 Å². The van der Waals surface area contributed by atoms with Crippen molar-refractivity contribution < 1.29 is 24.2 Å². The van der Waals surface area contributed by atoms with Crippen molar-refractivity contribution in [1.29, 1.82) is 0 Å². The molecule has 9 nitrogen and oxygen atoms in total. The second-order valence-corrected chi connectivity index (χ2v) is 3.79. The first-order valence-electron chi connectivity index (χ1n) is 5.60. The van der Waals surface area contributed by atoms with Crippen LogP contribution in [0.3, 0.4) is 0 Å². The molecule has 0 aliphatic heterocycles. The van der Waals surface area contributed by atoms with Crippen LogP contribution in [0, 0.1) is 0 Å². The van der Waals surface area contributed by atoms with E-state index in [1.165, 1.54) is 7.11 Å². The molecule has 20 heavy (non-hydrogen) atoms. The molecule has 3 N–H and O–H groups in total. The van der Waals surface area contributed by atoms with E-state index in [1.54, 1.807) is 0 Å². The number of carbonyl (C=O) groups excluding carboxylic acids is 2. The molecule has 0 radical (unpaired) electrons. The summed E-state index contributed by atoms with van der Waals surface area (Å²) >= 11 is 0. The third kappa shape index (κ3) is 4.52. The number of carboxylic acids is 1. The number of hydrogen-bond donors (Lipinski definition) is 3. The van der Waals surface area contributed by atoms with Gasteiger partial charge < -0.3 is 15.2 Å². The molecule has 0 aliphatic carbocycles. The van der Waals surface area contributed by atoms with E-state index in [0.29, 0.717) is 0 Å². The van der Waals surface area contributed by atoms with Gasteiger partial charge in [0.25, 0.3) is 11.5 Å². The fraction of sp³-hybridized carbons (Fsp3) is 0.364. The summed E-state index contributed by atoms with van der Waals surface area (Å²) in [6.07, 6.45) is -0.260. The maximum absolute atomic E-state index is 11.7. The summed E-state index contributed by atoms with van der Waals surface area (Å²) in [5.74, 6) is -2.63. The Morgan fingerprint density at radius 1 is 1.45 bits per heavy atom. The molecule has 9 heteroatoms. The molecule has 1 heterocycles. The van der Waals surface area contributed by atoms with E-state index >= 15 is 0 Å². The predicted octanol–water partition coefficient (Wildman–Crippen LogP) is -1.09. The molecule has 0 spiro atoms. The highest BCUT2D eigenvalue weighted by molar-refractivity contribution is 5.94. The van der Waals surface area contributed by atoms with Crippen molar-refractivity contribution in [3.8, 4) is 0 Å². The highest BCUT2D eigenvalue weighted by Crippen LogP contribution is 2.01. The van der Waals surface area contributed by atoms with Gasteiger partial charge in [-0.25, -0.2) is 9.89 Å². The van der Waals surface area contributed by atoms with Crippen molar-refractivity contribution in [3.63, 3.8) is 0 Å². The Kier molecular flexibility index (Phi) is 5.39.